The quantitative estimate of drug-likeness (QED) is 0.852. The molecule has 1 saturated heterocycles. The van der Waals surface area contributed by atoms with E-state index in [4.69, 9.17) is 0 Å². The molecule has 2 aromatic heterocycles. The van der Waals surface area contributed by atoms with Crippen LogP contribution in [0.1, 0.15) is 18.3 Å². The predicted octanol–water partition coefficient (Wildman–Crippen LogP) is 1.33. The highest BCUT2D eigenvalue weighted by Crippen LogP contribution is 2.14. The maximum absolute atomic E-state index is 12.4. The van der Waals surface area contributed by atoms with Crippen LogP contribution in [0.5, 0.6) is 0 Å². The van der Waals surface area contributed by atoms with Crippen molar-refractivity contribution in [3.8, 4) is 0 Å². The third-order valence-electron chi connectivity index (χ3n) is 4.09. The first kappa shape index (κ1) is 15.4. The van der Waals surface area contributed by atoms with Crippen molar-refractivity contribution in [2.24, 2.45) is 0 Å². The zero-order chi connectivity index (χ0) is 16.1. The molecule has 0 aromatic carbocycles. The molecule has 1 fully saturated rings. The summed E-state index contributed by atoms with van der Waals surface area (Å²) in [4.78, 5) is 29.3. The highest BCUT2D eigenvalue weighted by molar-refractivity contribution is 5.78. The van der Waals surface area contributed by atoms with E-state index < -0.39 is 0 Å². The van der Waals surface area contributed by atoms with Crippen molar-refractivity contribution in [2.75, 3.05) is 31.1 Å². The van der Waals surface area contributed by atoms with Gasteiger partial charge in [-0.15, -0.1) is 0 Å². The van der Waals surface area contributed by atoms with E-state index in [9.17, 15) is 4.79 Å². The van der Waals surface area contributed by atoms with Gasteiger partial charge in [-0.25, -0.2) is 9.97 Å². The SMILES string of the molecule is CCc1cc(N2CCN(C(=O)Cc3ccccn3)CC2)ncn1. The van der Waals surface area contributed by atoms with Crippen LogP contribution in [0.4, 0.5) is 5.82 Å². The maximum Gasteiger partial charge on any atom is 0.228 e. The fourth-order valence-electron chi connectivity index (χ4n) is 2.71. The molecule has 1 aliphatic heterocycles. The summed E-state index contributed by atoms with van der Waals surface area (Å²) in [7, 11) is 0. The number of amides is 1. The highest BCUT2D eigenvalue weighted by Gasteiger charge is 2.22. The number of carbonyl (C=O) groups excluding carboxylic acids is 1. The number of anilines is 1. The standard InChI is InChI=1S/C17H21N5O/c1-2-14-11-16(20-13-19-14)21-7-9-22(10-8-21)17(23)12-15-5-3-4-6-18-15/h3-6,11,13H,2,7-10,12H2,1H3. The second-order valence-corrected chi connectivity index (χ2v) is 5.59. The highest BCUT2D eigenvalue weighted by atomic mass is 16.2. The van der Waals surface area contributed by atoms with Crippen LogP contribution >= 0.6 is 0 Å². The zero-order valence-corrected chi connectivity index (χ0v) is 13.4. The lowest BCUT2D eigenvalue weighted by molar-refractivity contribution is -0.130. The van der Waals surface area contributed by atoms with Gasteiger partial charge in [0.05, 0.1) is 6.42 Å². The largest absolute Gasteiger partial charge is 0.353 e. The van der Waals surface area contributed by atoms with Crippen LogP contribution < -0.4 is 4.90 Å². The molecule has 0 aliphatic carbocycles. The number of rotatable bonds is 4. The molecule has 2 aromatic rings. The molecule has 0 unspecified atom stereocenters. The fourth-order valence-corrected chi connectivity index (χ4v) is 2.71. The summed E-state index contributed by atoms with van der Waals surface area (Å²) in [5.41, 5.74) is 1.87. The lowest BCUT2D eigenvalue weighted by Gasteiger charge is -2.35. The van der Waals surface area contributed by atoms with E-state index in [0.29, 0.717) is 6.42 Å². The zero-order valence-electron chi connectivity index (χ0n) is 13.4. The van der Waals surface area contributed by atoms with Gasteiger partial charge in [0, 0.05) is 49.8 Å². The molecule has 3 rings (SSSR count). The van der Waals surface area contributed by atoms with Crippen molar-refractivity contribution in [2.45, 2.75) is 19.8 Å². The molecule has 120 valence electrons. The number of hydrogen-bond donors (Lipinski definition) is 0. The number of pyridine rings is 1. The number of aryl methyl sites for hydroxylation is 1. The lowest BCUT2D eigenvalue weighted by atomic mass is 10.2. The normalized spacial score (nSPS) is 14.8. The predicted molar refractivity (Wildman–Crippen MR) is 88.1 cm³/mol. The van der Waals surface area contributed by atoms with Gasteiger partial charge < -0.3 is 9.80 Å². The molecule has 0 saturated carbocycles. The summed E-state index contributed by atoms with van der Waals surface area (Å²) in [5, 5.41) is 0. The topological polar surface area (TPSA) is 62.2 Å². The van der Waals surface area contributed by atoms with E-state index >= 15 is 0 Å². The Morgan fingerprint density at radius 2 is 1.91 bits per heavy atom. The summed E-state index contributed by atoms with van der Waals surface area (Å²) in [6, 6.07) is 7.69. The van der Waals surface area contributed by atoms with Crippen molar-refractivity contribution in [1.29, 1.82) is 0 Å². The van der Waals surface area contributed by atoms with Gasteiger partial charge in [-0.3, -0.25) is 9.78 Å². The van der Waals surface area contributed by atoms with Crippen molar-refractivity contribution >= 4 is 11.7 Å². The molecule has 0 radical (unpaired) electrons. The Hall–Kier alpha value is -2.50. The van der Waals surface area contributed by atoms with Crippen molar-refractivity contribution in [3.63, 3.8) is 0 Å². The van der Waals surface area contributed by atoms with Crippen molar-refractivity contribution < 1.29 is 4.79 Å². The number of nitrogens with zero attached hydrogens (tertiary/aromatic N) is 5. The molecule has 23 heavy (non-hydrogen) atoms. The Balaban J connectivity index is 1.56. The maximum atomic E-state index is 12.4. The number of piperazine rings is 1. The van der Waals surface area contributed by atoms with Crippen LogP contribution in [0.2, 0.25) is 0 Å². The number of carbonyl (C=O) groups is 1. The molecule has 0 N–H and O–H groups in total. The molecular weight excluding hydrogens is 290 g/mol. The Kier molecular flexibility index (Phi) is 4.80. The molecule has 0 bridgehead atoms. The minimum Gasteiger partial charge on any atom is -0.353 e. The number of aromatic nitrogens is 3. The van der Waals surface area contributed by atoms with E-state index in [1.807, 2.05) is 29.2 Å². The first-order valence-corrected chi connectivity index (χ1v) is 8.00. The van der Waals surface area contributed by atoms with Gasteiger partial charge in [0.1, 0.15) is 12.1 Å². The molecule has 1 amide bonds. The van der Waals surface area contributed by atoms with Crippen LogP contribution in [-0.4, -0.2) is 51.9 Å². The van der Waals surface area contributed by atoms with Gasteiger partial charge in [-0.1, -0.05) is 13.0 Å². The average molecular weight is 311 g/mol. The summed E-state index contributed by atoms with van der Waals surface area (Å²) in [5.74, 6) is 1.09. The van der Waals surface area contributed by atoms with E-state index in [-0.39, 0.29) is 5.91 Å². The second-order valence-electron chi connectivity index (χ2n) is 5.59. The Morgan fingerprint density at radius 3 is 2.61 bits per heavy atom. The third-order valence-corrected chi connectivity index (χ3v) is 4.09. The second kappa shape index (κ2) is 7.17. The van der Waals surface area contributed by atoms with Crippen LogP contribution in [0.3, 0.4) is 0 Å². The third kappa shape index (κ3) is 3.83. The molecule has 3 heterocycles. The molecule has 6 heteroatoms. The molecule has 1 aliphatic rings. The van der Waals surface area contributed by atoms with Gasteiger partial charge in [0.2, 0.25) is 5.91 Å². The van der Waals surface area contributed by atoms with Crippen LogP contribution in [0.25, 0.3) is 0 Å². The van der Waals surface area contributed by atoms with E-state index in [0.717, 1.165) is 49.8 Å². The van der Waals surface area contributed by atoms with Crippen LogP contribution in [-0.2, 0) is 17.6 Å². The molecule has 6 nitrogen and oxygen atoms in total. The summed E-state index contributed by atoms with van der Waals surface area (Å²) < 4.78 is 0. The van der Waals surface area contributed by atoms with Gasteiger partial charge in [0.25, 0.3) is 0 Å². The minimum absolute atomic E-state index is 0.139. The summed E-state index contributed by atoms with van der Waals surface area (Å²) >= 11 is 0. The van der Waals surface area contributed by atoms with E-state index in [1.54, 1.807) is 12.5 Å². The first-order chi connectivity index (χ1) is 11.3. The average Bonchev–Trinajstić information content (AvgIpc) is 2.63. The monoisotopic (exact) mass is 311 g/mol. The smallest absolute Gasteiger partial charge is 0.228 e. The van der Waals surface area contributed by atoms with Crippen molar-refractivity contribution in [1.82, 2.24) is 19.9 Å². The lowest BCUT2D eigenvalue weighted by Crippen LogP contribution is -2.49. The summed E-state index contributed by atoms with van der Waals surface area (Å²) in [6.45, 7) is 5.12. The van der Waals surface area contributed by atoms with E-state index in [1.165, 1.54) is 0 Å². The van der Waals surface area contributed by atoms with Crippen LogP contribution in [0.15, 0.2) is 36.8 Å². The number of hydrogen-bond acceptors (Lipinski definition) is 5. The molecular formula is C17H21N5O. The Morgan fingerprint density at radius 1 is 1.09 bits per heavy atom. The molecule has 0 atom stereocenters. The fraction of sp³-hybridized carbons (Fsp3) is 0.412. The Labute approximate surface area is 136 Å². The van der Waals surface area contributed by atoms with Crippen LogP contribution in [0, 0.1) is 0 Å². The summed E-state index contributed by atoms with van der Waals surface area (Å²) in [6.07, 6.45) is 4.61. The Bertz CT molecular complexity index is 653. The van der Waals surface area contributed by atoms with Gasteiger partial charge in [-0.05, 0) is 18.6 Å². The molecule has 0 spiro atoms. The van der Waals surface area contributed by atoms with Crippen molar-refractivity contribution in [3.05, 3.63) is 48.2 Å². The first-order valence-electron chi connectivity index (χ1n) is 8.00. The minimum atomic E-state index is 0.139. The van der Waals surface area contributed by atoms with E-state index in [2.05, 4.69) is 26.8 Å². The van der Waals surface area contributed by atoms with Gasteiger partial charge >= 0.3 is 0 Å². The van der Waals surface area contributed by atoms with Gasteiger partial charge in [-0.2, -0.15) is 0 Å². The van der Waals surface area contributed by atoms with Gasteiger partial charge in [0.15, 0.2) is 0 Å².